The van der Waals surface area contributed by atoms with Crippen LogP contribution in [0.5, 0.6) is 0 Å². The number of rotatable bonds is 6. The third-order valence-electron chi connectivity index (χ3n) is 7.05. The van der Waals surface area contributed by atoms with E-state index in [1.165, 1.54) is 23.0 Å². The van der Waals surface area contributed by atoms with Crippen molar-refractivity contribution in [3.63, 3.8) is 0 Å². The first-order chi connectivity index (χ1) is 16.4. The molecule has 5 rings (SSSR count). The van der Waals surface area contributed by atoms with Gasteiger partial charge in [0.1, 0.15) is 0 Å². The topological polar surface area (TPSA) is 68.1 Å². The number of benzene rings is 1. The summed E-state index contributed by atoms with van der Waals surface area (Å²) in [5, 5.41) is 0.720. The molecular formula is C26H29ClN4O2S. The Labute approximate surface area is 206 Å². The fourth-order valence-electron chi connectivity index (χ4n) is 5.40. The van der Waals surface area contributed by atoms with E-state index in [9.17, 15) is 8.42 Å². The van der Waals surface area contributed by atoms with E-state index in [4.69, 9.17) is 16.6 Å². The average Bonchev–Trinajstić information content (AvgIpc) is 3.29. The molecular weight excluding hydrogens is 468 g/mol. The number of fused-ring (bicyclic) bond motifs is 2. The van der Waals surface area contributed by atoms with Gasteiger partial charge in [-0.15, -0.1) is 0 Å². The maximum absolute atomic E-state index is 12.1. The Kier molecular flexibility index (Phi) is 6.60. The Bertz CT molecular complexity index is 1300. The van der Waals surface area contributed by atoms with Crippen LogP contribution in [0, 0.1) is 5.92 Å². The van der Waals surface area contributed by atoms with E-state index < -0.39 is 10.0 Å². The number of halogens is 1. The molecule has 34 heavy (non-hydrogen) atoms. The molecule has 3 aromatic rings. The lowest BCUT2D eigenvalue weighted by molar-refractivity contribution is 0.256. The van der Waals surface area contributed by atoms with Crippen molar-refractivity contribution in [2.45, 2.75) is 38.1 Å². The summed E-state index contributed by atoms with van der Waals surface area (Å²) in [6, 6.07) is 10.3. The van der Waals surface area contributed by atoms with Crippen molar-refractivity contribution in [1.29, 1.82) is 0 Å². The van der Waals surface area contributed by atoms with Crippen molar-refractivity contribution in [3.05, 3.63) is 82.7 Å². The number of hydrogen-bond donors (Lipinski definition) is 0. The fourth-order valence-corrected chi connectivity index (χ4v) is 6.45. The van der Waals surface area contributed by atoms with E-state index in [1.54, 1.807) is 4.31 Å². The van der Waals surface area contributed by atoms with Gasteiger partial charge < -0.3 is 4.57 Å². The fraction of sp³-hybridized carbons (Fsp3) is 0.385. The van der Waals surface area contributed by atoms with E-state index >= 15 is 0 Å². The second kappa shape index (κ2) is 9.64. The van der Waals surface area contributed by atoms with Crippen molar-refractivity contribution < 1.29 is 8.42 Å². The molecule has 0 saturated carbocycles. The maximum Gasteiger partial charge on any atom is 0.211 e. The van der Waals surface area contributed by atoms with Crippen LogP contribution in [0.4, 0.5) is 0 Å². The van der Waals surface area contributed by atoms with Crippen LogP contribution in [0.1, 0.15) is 54.0 Å². The van der Waals surface area contributed by atoms with Gasteiger partial charge in [0, 0.05) is 49.2 Å². The predicted molar refractivity (Wildman–Crippen MR) is 136 cm³/mol. The molecule has 2 aliphatic rings. The molecule has 0 spiro atoms. The molecule has 0 radical (unpaired) electrons. The zero-order valence-electron chi connectivity index (χ0n) is 19.3. The molecule has 1 aliphatic carbocycles. The molecule has 1 fully saturated rings. The molecule has 8 heteroatoms. The molecule has 3 heterocycles. The van der Waals surface area contributed by atoms with Crippen molar-refractivity contribution >= 4 is 33.3 Å². The lowest BCUT2D eigenvalue weighted by atomic mass is 9.76. The monoisotopic (exact) mass is 496 g/mol. The van der Waals surface area contributed by atoms with Gasteiger partial charge in [0.25, 0.3) is 0 Å². The highest BCUT2D eigenvalue weighted by Crippen LogP contribution is 2.45. The van der Waals surface area contributed by atoms with Gasteiger partial charge in [0.05, 0.1) is 18.3 Å². The number of imidazole rings is 1. The summed E-state index contributed by atoms with van der Waals surface area (Å²) in [5.74, 6) is 0.415. The van der Waals surface area contributed by atoms with Crippen molar-refractivity contribution in [2.75, 3.05) is 19.3 Å². The third-order valence-corrected chi connectivity index (χ3v) is 8.59. The van der Waals surface area contributed by atoms with E-state index in [-0.39, 0.29) is 5.92 Å². The predicted octanol–water partition coefficient (Wildman–Crippen LogP) is 5.07. The van der Waals surface area contributed by atoms with Crippen LogP contribution >= 0.6 is 11.6 Å². The summed E-state index contributed by atoms with van der Waals surface area (Å²) >= 11 is 6.44. The normalized spacial score (nSPS) is 19.2. The number of nitrogens with zero attached hydrogens (tertiary/aromatic N) is 4. The molecule has 0 amide bonds. The molecule has 0 bridgehead atoms. The van der Waals surface area contributed by atoms with E-state index in [2.05, 4.69) is 33.8 Å². The molecule has 1 atom stereocenters. The largest absolute Gasteiger partial charge is 0.337 e. The van der Waals surface area contributed by atoms with Crippen LogP contribution in [0.3, 0.4) is 0 Å². The minimum atomic E-state index is -3.17. The number of allylic oxidation sites excluding steroid dienone is 1. The number of pyridine rings is 1. The summed E-state index contributed by atoms with van der Waals surface area (Å²) in [4.78, 5) is 9.06. The molecule has 2 aromatic heterocycles. The van der Waals surface area contributed by atoms with E-state index in [1.807, 2.05) is 37.1 Å². The Morgan fingerprint density at radius 1 is 1.15 bits per heavy atom. The molecule has 1 aromatic carbocycles. The van der Waals surface area contributed by atoms with Gasteiger partial charge in [-0.3, -0.25) is 4.98 Å². The molecule has 1 unspecified atom stereocenters. The molecule has 1 saturated heterocycles. The Balaban J connectivity index is 1.50. The standard InChI is InChI=1S/C26H29ClN4O2S/c1-34(32,33)31-13-8-19(9-14-31)25-23-7-6-22(27)17-21(23)16-20(24-5-2-10-29-26(24)25)4-3-12-30-15-11-28-18-30/h2,5-7,10-11,15-19,25H,3-4,8-9,12-14H2,1H3. The lowest BCUT2D eigenvalue weighted by Crippen LogP contribution is -2.39. The van der Waals surface area contributed by atoms with Gasteiger partial charge in [-0.2, -0.15) is 0 Å². The quantitative estimate of drug-likeness (QED) is 0.478. The van der Waals surface area contributed by atoms with Crippen LogP contribution in [-0.4, -0.2) is 46.6 Å². The minimum absolute atomic E-state index is 0.104. The SMILES string of the molecule is CS(=O)(=O)N1CCC(C2c3ccc(Cl)cc3C=C(CCCn3ccnc3)c3cccnc32)CC1. The molecule has 6 nitrogen and oxygen atoms in total. The maximum atomic E-state index is 12.1. The average molecular weight is 497 g/mol. The highest BCUT2D eigenvalue weighted by molar-refractivity contribution is 7.88. The summed E-state index contributed by atoms with van der Waals surface area (Å²) in [7, 11) is -3.17. The Morgan fingerprint density at radius 2 is 1.97 bits per heavy atom. The van der Waals surface area contributed by atoms with E-state index in [0.717, 1.165) is 48.5 Å². The van der Waals surface area contributed by atoms with Crippen LogP contribution in [0.25, 0.3) is 11.6 Å². The second-order valence-corrected chi connectivity index (χ2v) is 11.7. The van der Waals surface area contributed by atoms with Crippen molar-refractivity contribution in [1.82, 2.24) is 18.8 Å². The first-order valence-corrected chi connectivity index (χ1v) is 14.0. The smallest absolute Gasteiger partial charge is 0.211 e. The van der Waals surface area contributed by atoms with Crippen molar-refractivity contribution in [2.24, 2.45) is 5.92 Å². The van der Waals surface area contributed by atoms with Gasteiger partial charge in [-0.05, 0) is 72.1 Å². The highest BCUT2D eigenvalue weighted by atomic mass is 35.5. The zero-order chi connectivity index (χ0) is 23.7. The minimum Gasteiger partial charge on any atom is -0.337 e. The molecule has 178 valence electrons. The van der Waals surface area contributed by atoms with Crippen LogP contribution in [-0.2, 0) is 16.6 Å². The van der Waals surface area contributed by atoms with Crippen LogP contribution < -0.4 is 0 Å². The lowest BCUT2D eigenvalue weighted by Gasteiger charge is -2.35. The number of hydrogen-bond acceptors (Lipinski definition) is 4. The summed E-state index contributed by atoms with van der Waals surface area (Å²) in [5.41, 5.74) is 5.92. The number of aryl methyl sites for hydroxylation is 1. The highest BCUT2D eigenvalue weighted by Gasteiger charge is 2.35. The molecule has 0 N–H and O–H groups in total. The van der Waals surface area contributed by atoms with Crippen LogP contribution in [0.2, 0.25) is 5.02 Å². The van der Waals surface area contributed by atoms with Gasteiger partial charge in [-0.1, -0.05) is 29.8 Å². The van der Waals surface area contributed by atoms with Crippen LogP contribution in [0.15, 0.2) is 55.2 Å². The van der Waals surface area contributed by atoms with Gasteiger partial charge in [0.2, 0.25) is 10.0 Å². The van der Waals surface area contributed by atoms with Crippen molar-refractivity contribution in [3.8, 4) is 0 Å². The number of piperidine rings is 1. The van der Waals surface area contributed by atoms with Gasteiger partial charge in [0.15, 0.2) is 0 Å². The van der Waals surface area contributed by atoms with E-state index in [0.29, 0.717) is 19.0 Å². The summed E-state index contributed by atoms with van der Waals surface area (Å²) < 4.78 is 27.8. The summed E-state index contributed by atoms with van der Waals surface area (Å²) in [6.07, 6.45) is 14.6. The Morgan fingerprint density at radius 3 is 2.71 bits per heavy atom. The third kappa shape index (κ3) is 4.83. The number of aromatic nitrogens is 3. The molecule has 1 aliphatic heterocycles. The van der Waals surface area contributed by atoms with Gasteiger partial charge >= 0.3 is 0 Å². The van der Waals surface area contributed by atoms with Gasteiger partial charge in [-0.25, -0.2) is 17.7 Å². The zero-order valence-corrected chi connectivity index (χ0v) is 20.8. The second-order valence-electron chi connectivity index (χ2n) is 9.26. The first kappa shape index (κ1) is 23.3. The summed E-state index contributed by atoms with van der Waals surface area (Å²) in [6.45, 7) is 2.01. The Hall–Kier alpha value is -2.48. The number of sulfonamides is 1. The first-order valence-electron chi connectivity index (χ1n) is 11.8.